The highest BCUT2D eigenvalue weighted by Crippen LogP contribution is 2.37. The van der Waals surface area contributed by atoms with Crippen LogP contribution in [0.5, 0.6) is 0 Å². The van der Waals surface area contributed by atoms with E-state index in [-0.39, 0.29) is 24.8 Å². The fourth-order valence-electron chi connectivity index (χ4n) is 2.39. The van der Waals surface area contributed by atoms with Gasteiger partial charge in [-0.3, -0.25) is 9.59 Å². The molecule has 0 radical (unpaired) electrons. The van der Waals surface area contributed by atoms with Gasteiger partial charge in [0.25, 0.3) is 5.91 Å². The van der Waals surface area contributed by atoms with Crippen LogP contribution in [0.25, 0.3) is 10.8 Å². The van der Waals surface area contributed by atoms with Crippen LogP contribution in [-0.2, 0) is 20.9 Å². The van der Waals surface area contributed by atoms with Gasteiger partial charge in [-0.15, -0.1) is 11.8 Å². The number of hydrogen-bond donors (Lipinski definition) is 1. The molecule has 1 heterocycles. The fourth-order valence-corrected chi connectivity index (χ4v) is 4.07. The molecule has 2 aromatic carbocycles. The van der Waals surface area contributed by atoms with Crippen molar-refractivity contribution in [1.82, 2.24) is 5.32 Å². The highest BCUT2D eigenvalue weighted by Gasteiger charge is 2.12. The third kappa shape index (κ3) is 5.28. The quantitative estimate of drug-likeness (QED) is 0.398. The second-order valence-corrected chi connectivity index (χ2v) is 7.79. The highest BCUT2D eigenvalue weighted by molar-refractivity contribution is 9.10. The van der Waals surface area contributed by atoms with E-state index in [4.69, 9.17) is 20.8 Å². The van der Waals surface area contributed by atoms with E-state index >= 15 is 0 Å². The molecule has 0 saturated carbocycles. The van der Waals surface area contributed by atoms with Crippen molar-refractivity contribution in [2.24, 2.45) is 0 Å². The van der Waals surface area contributed by atoms with Crippen LogP contribution in [0.3, 0.4) is 0 Å². The van der Waals surface area contributed by atoms with E-state index in [1.165, 1.54) is 18.0 Å². The Kier molecular flexibility index (Phi) is 6.82. The van der Waals surface area contributed by atoms with Crippen molar-refractivity contribution in [2.45, 2.75) is 11.4 Å². The third-order valence-electron chi connectivity index (χ3n) is 3.65. The van der Waals surface area contributed by atoms with Gasteiger partial charge in [-0.25, -0.2) is 0 Å². The number of amides is 1. The third-order valence-corrected chi connectivity index (χ3v) is 5.69. The zero-order chi connectivity index (χ0) is 19.2. The second-order valence-electron chi connectivity index (χ2n) is 5.51. The number of nitrogens with one attached hydrogen (secondary N) is 1. The van der Waals surface area contributed by atoms with Crippen molar-refractivity contribution in [3.63, 3.8) is 0 Å². The van der Waals surface area contributed by atoms with Crippen molar-refractivity contribution in [3.8, 4) is 0 Å². The normalized spacial score (nSPS) is 10.7. The van der Waals surface area contributed by atoms with Crippen molar-refractivity contribution in [2.75, 3.05) is 12.4 Å². The Hall–Kier alpha value is -1.96. The topological polar surface area (TPSA) is 68.5 Å². The number of fused-ring (bicyclic) bond motifs is 1. The monoisotopic (exact) mass is 467 g/mol. The molecule has 0 unspecified atom stereocenters. The lowest BCUT2D eigenvalue weighted by molar-refractivity contribution is -0.146. The first-order chi connectivity index (χ1) is 13.0. The van der Waals surface area contributed by atoms with Gasteiger partial charge in [0.1, 0.15) is 5.76 Å². The predicted molar refractivity (Wildman–Crippen MR) is 109 cm³/mol. The number of benzene rings is 2. The average molecular weight is 469 g/mol. The molecule has 0 bridgehead atoms. The molecule has 0 aliphatic heterocycles. The molecule has 1 amide bonds. The van der Waals surface area contributed by atoms with Crippen LogP contribution in [0.1, 0.15) is 5.76 Å². The Morgan fingerprint density at radius 2 is 2.04 bits per heavy atom. The molecule has 0 spiro atoms. The van der Waals surface area contributed by atoms with Gasteiger partial charge in [0.15, 0.2) is 6.61 Å². The first-order valence-corrected chi connectivity index (χ1v) is 10.1. The summed E-state index contributed by atoms with van der Waals surface area (Å²) in [6.07, 6.45) is 1.52. The van der Waals surface area contributed by atoms with Gasteiger partial charge in [-0.05, 0) is 35.7 Å². The number of carbonyl (C=O) groups excluding carboxylic acids is 2. The Labute approximate surface area is 173 Å². The van der Waals surface area contributed by atoms with Crippen LogP contribution in [0.2, 0.25) is 5.02 Å². The lowest BCUT2D eigenvalue weighted by Crippen LogP contribution is -2.28. The summed E-state index contributed by atoms with van der Waals surface area (Å²) in [5.41, 5.74) is 0. The SMILES string of the molecule is O=C(COC(=O)CSc1ccc(Br)c2cccc(Cl)c12)NCc1ccco1. The minimum atomic E-state index is -0.476. The predicted octanol–water partition coefficient (Wildman–Crippen LogP) is 4.80. The number of halogens is 2. The average Bonchev–Trinajstić information content (AvgIpc) is 3.18. The van der Waals surface area contributed by atoms with E-state index in [9.17, 15) is 9.59 Å². The van der Waals surface area contributed by atoms with Gasteiger partial charge in [0.05, 0.1) is 18.6 Å². The van der Waals surface area contributed by atoms with Crippen molar-refractivity contribution < 1.29 is 18.7 Å². The number of esters is 1. The summed E-state index contributed by atoms with van der Waals surface area (Å²) in [5, 5.41) is 5.07. The molecule has 3 aromatic rings. The van der Waals surface area contributed by atoms with E-state index in [1.54, 1.807) is 12.1 Å². The van der Waals surface area contributed by atoms with E-state index in [2.05, 4.69) is 21.2 Å². The van der Waals surface area contributed by atoms with Crippen LogP contribution in [-0.4, -0.2) is 24.2 Å². The summed E-state index contributed by atoms with van der Waals surface area (Å²) >= 11 is 11.1. The molecule has 0 saturated heterocycles. The molecule has 140 valence electrons. The Morgan fingerprint density at radius 1 is 1.19 bits per heavy atom. The number of carbonyl (C=O) groups is 2. The smallest absolute Gasteiger partial charge is 0.316 e. The van der Waals surface area contributed by atoms with Gasteiger partial charge in [0, 0.05) is 19.8 Å². The van der Waals surface area contributed by atoms with Crippen LogP contribution in [0.15, 0.2) is 62.5 Å². The molecule has 5 nitrogen and oxygen atoms in total. The molecule has 0 aliphatic rings. The first kappa shape index (κ1) is 19.8. The maximum Gasteiger partial charge on any atom is 0.316 e. The molecular weight excluding hydrogens is 454 g/mol. The minimum absolute atomic E-state index is 0.0768. The van der Waals surface area contributed by atoms with Gasteiger partial charge >= 0.3 is 5.97 Å². The summed E-state index contributed by atoms with van der Waals surface area (Å²) in [4.78, 5) is 24.5. The zero-order valence-electron chi connectivity index (χ0n) is 14.0. The Bertz CT molecular complexity index is 962. The molecule has 1 N–H and O–H groups in total. The van der Waals surface area contributed by atoms with Crippen molar-refractivity contribution in [3.05, 3.63) is 64.0 Å². The highest BCUT2D eigenvalue weighted by atomic mass is 79.9. The molecular formula is C19H15BrClNO4S. The van der Waals surface area contributed by atoms with E-state index in [1.807, 2.05) is 30.3 Å². The largest absolute Gasteiger partial charge is 0.467 e. The van der Waals surface area contributed by atoms with Gasteiger partial charge < -0.3 is 14.5 Å². The first-order valence-electron chi connectivity index (χ1n) is 7.99. The molecule has 3 rings (SSSR count). The summed E-state index contributed by atoms with van der Waals surface area (Å²) in [7, 11) is 0. The van der Waals surface area contributed by atoms with Crippen molar-refractivity contribution in [1.29, 1.82) is 0 Å². The lowest BCUT2D eigenvalue weighted by atomic mass is 10.1. The summed E-state index contributed by atoms with van der Waals surface area (Å²) in [6.45, 7) is -0.0799. The molecule has 1 aromatic heterocycles. The number of ether oxygens (including phenoxy) is 1. The number of furan rings is 1. The minimum Gasteiger partial charge on any atom is -0.467 e. The maximum absolute atomic E-state index is 12.0. The Balaban J connectivity index is 1.51. The summed E-state index contributed by atoms with van der Waals surface area (Å²) in [5.74, 6) is -0.157. The van der Waals surface area contributed by atoms with Crippen LogP contribution in [0.4, 0.5) is 0 Å². The molecule has 8 heteroatoms. The molecule has 0 atom stereocenters. The molecule has 0 aliphatic carbocycles. The number of rotatable bonds is 7. The number of thioether (sulfide) groups is 1. The van der Waals surface area contributed by atoms with E-state index < -0.39 is 5.97 Å². The fraction of sp³-hybridized carbons (Fsp3) is 0.158. The summed E-state index contributed by atoms with van der Waals surface area (Å²) in [6, 6.07) is 12.9. The van der Waals surface area contributed by atoms with Crippen LogP contribution >= 0.6 is 39.3 Å². The van der Waals surface area contributed by atoms with Crippen LogP contribution < -0.4 is 5.32 Å². The van der Waals surface area contributed by atoms with Crippen molar-refractivity contribution >= 4 is 61.9 Å². The number of hydrogen-bond acceptors (Lipinski definition) is 5. The second kappa shape index (κ2) is 9.30. The standard InChI is InChI=1S/C19H15BrClNO4S/c20-14-6-7-16(19-13(14)4-1-5-15(19)21)27-11-18(24)26-10-17(23)22-9-12-3-2-8-25-12/h1-8H,9-11H2,(H,22,23). The summed E-state index contributed by atoms with van der Waals surface area (Å²) < 4.78 is 11.1. The van der Waals surface area contributed by atoms with Gasteiger partial charge in [-0.1, -0.05) is 39.7 Å². The zero-order valence-corrected chi connectivity index (χ0v) is 17.2. The van der Waals surface area contributed by atoms with Gasteiger partial charge in [-0.2, -0.15) is 0 Å². The lowest BCUT2D eigenvalue weighted by Gasteiger charge is -2.10. The van der Waals surface area contributed by atoms with E-state index in [0.29, 0.717) is 10.8 Å². The van der Waals surface area contributed by atoms with E-state index in [0.717, 1.165) is 20.1 Å². The van der Waals surface area contributed by atoms with Gasteiger partial charge in [0.2, 0.25) is 0 Å². The molecule has 27 heavy (non-hydrogen) atoms. The molecule has 0 fully saturated rings. The van der Waals surface area contributed by atoms with Crippen LogP contribution in [0, 0.1) is 0 Å². The Morgan fingerprint density at radius 3 is 2.81 bits per heavy atom. The maximum atomic E-state index is 12.0.